The summed E-state index contributed by atoms with van der Waals surface area (Å²) in [4.78, 5) is 41.9. The number of amides is 1. The Morgan fingerprint density at radius 1 is 1.37 bits per heavy atom. The largest absolute Gasteiger partial charge is 0.460 e. The summed E-state index contributed by atoms with van der Waals surface area (Å²) in [6.07, 6.45) is -0.135. The van der Waals surface area contributed by atoms with Gasteiger partial charge in [0.25, 0.3) is 0 Å². The number of β-lactam (4-membered cyclic amide) rings is 1. The molecule has 1 amide bonds. The van der Waals surface area contributed by atoms with Gasteiger partial charge in [0.1, 0.15) is 24.1 Å². The van der Waals surface area contributed by atoms with Gasteiger partial charge < -0.3 is 19.6 Å². The molecule has 2 fully saturated rings. The zero-order chi connectivity index (χ0) is 22.4. The minimum absolute atomic E-state index is 0.0479. The van der Waals surface area contributed by atoms with Gasteiger partial charge in [0.05, 0.1) is 0 Å². The molecular weight excluding hydrogens is 472 g/mol. The monoisotopic (exact) mass is 496 g/mol. The fourth-order valence-corrected chi connectivity index (χ4v) is 6.33. The molecule has 0 bridgehead atoms. The van der Waals surface area contributed by atoms with Gasteiger partial charge in [0.2, 0.25) is 5.91 Å². The summed E-state index contributed by atoms with van der Waals surface area (Å²) in [5.74, 6) is -1.59. The normalized spacial score (nSPS) is 27.7. The summed E-state index contributed by atoms with van der Waals surface area (Å²) in [7, 11) is 3.77. The molecule has 0 spiro atoms. The number of aliphatic hydroxyl groups excluding tert-OH is 1. The number of thioether (sulfide) groups is 1. The number of rotatable bonds is 7. The van der Waals surface area contributed by atoms with Crippen molar-refractivity contribution in [3.63, 3.8) is 0 Å². The number of hydrogen-bond acceptors (Lipinski definition) is 7. The van der Waals surface area contributed by atoms with Crippen LogP contribution in [-0.2, 0) is 14.3 Å². The van der Waals surface area contributed by atoms with Crippen molar-refractivity contribution in [2.45, 2.75) is 40.4 Å². The highest BCUT2D eigenvalue weighted by molar-refractivity contribution is 9.10. The van der Waals surface area contributed by atoms with E-state index in [1.807, 2.05) is 32.8 Å². The minimum atomic E-state index is -1.59. The first-order valence-electron chi connectivity index (χ1n) is 9.43. The molecule has 1 aromatic carbocycles. The third kappa shape index (κ3) is 3.46. The number of fused-ring (bicyclic) bond motifs is 1. The molecule has 162 valence electrons. The summed E-state index contributed by atoms with van der Waals surface area (Å²) >= 11 is 4.72. The van der Waals surface area contributed by atoms with E-state index in [0.29, 0.717) is 5.56 Å². The van der Waals surface area contributed by atoms with Crippen molar-refractivity contribution in [3.05, 3.63) is 42.5 Å². The standard InChI is InChI=1S/C21H25BrN2O5S/c1-6-11-29-17(27)15-20(2,3)30-19-21(22,18(28)24(15)19)16(26)14(25)12-7-9-13(10-8-12)23(4)5/h6-10,15-16,19,26H,1,11H2,2-5H3/t15-,16?,19+,21-/m0/s1. The van der Waals surface area contributed by atoms with Crippen LogP contribution in [0.3, 0.4) is 0 Å². The third-order valence-corrected chi connectivity index (χ3v) is 8.57. The van der Waals surface area contributed by atoms with Gasteiger partial charge in [-0.2, -0.15) is 0 Å². The van der Waals surface area contributed by atoms with Crippen LogP contribution in [0, 0.1) is 0 Å². The molecule has 1 N–H and O–H groups in total. The number of aliphatic hydroxyl groups is 1. The van der Waals surface area contributed by atoms with Crippen LogP contribution in [0.15, 0.2) is 36.9 Å². The number of ketones is 1. The number of alkyl halides is 1. The molecule has 30 heavy (non-hydrogen) atoms. The first kappa shape index (κ1) is 22.8. The highest BCUT2D eigenvalue weighted by Gasteiger charge is 2.74. The molecule has 1 unspecified atom stereocenters. The fourth-order valence-electron chi connectivity index (χ4n) is 3.77. The second-order valence-corrected chi connectivity index (χ2v) is 11.1. The average molecular weight is 497 g/mol. The van der Waals surface area contributed by atoms with Crippen LogP contribution < -0.4 is 4.90 Å². The maximum absolute atomic E-state index is 13.1. The van der Waals surface area contributed by atoms with Gasteiger partial charge in [-0.1, -0.05) is 28.6 Å². The van der Waals surface area contributed by atoms with Crippen molar-refractivity contribution in [3.8, 4) is 0 Å². The quantitative estimate of drug-likeness (QED) is 0.203. The Kier molecular flexibility index (Phi) is 6.10. The van der Waals surface area contributed by atoms with Gasteiger partial charge >= 0.3 is 5.97 Å². The van der Waals surface area contributed by atoms with E-state index >= 15 is 0 Å². The molecule has 2 heterocycles. The van der Waals surface area contributed by atoms with E-state index in [4.69, 9.17) is 4.74 Å². The lowest BCUT2D eigenvalue weighted by Gasteiger charge is -2.51. The summed E-state index contributed by atoms with van der Waals surface area (Å²) in [5, 5.41) is 10.3. The van der Waals surface area contributed by atoms with Crippen LogP contribution in [0.25, 0.3) is 0 Å². The minimum Gasteiger partial charge on any atom is -0.460 e. The van der Waals surface area contributed by atoms with Gasteiger partial charge in [-0.3, -0.25) is 9.59 Å². The van der Waals surface area contributed by atoms with Gasteiger partial charge in [-0.25, -0.2) is 4.79 Å². The maximum Gasteiger partial charge on any atom is 0.330 e. The van der Waals surface area contributed by atoms with Crippen LogP contribution in [0.4, 0.5) is 5.69 Å². The number of nitrogens with zero attached hydrogens (tertiary/aromatic N) is 2. The number of Topliss-reactive ketones (excluding diaryl/α,β-unsaturated/α-hetero) is 1. The Morgan fingerprint density at radius 3 is 2.50 bits per heavy atom. The fraction of sp³-hybridized carbons (Fsp3) is 0.476. The highest BCUT2D eigenvalue weighted by atomic mass is 79.9. The van der Waals surface area contributed by atoms with Crippen molar-refractivity contribution in [2.24, 2.45) is 0 Å². The van der Waals surface area contributed by atoms with Crippen LogP contribution in [-0.4, -0.2) is 75.0 Å². The predicted octanol–water partition coefficient (Wildman–Crippen LogP) is 2.22. The van der Waals surface area contributed by atoms with E-state index in [1.54, 1.807) is 24.3 Å². The number of anilines is 1. The van der Waals surface area contributed by atoms with E-state index in [9.17, 15) is 19.5 Å². The summed E-state index contributed by atoms with van der Waals surface area (Å²) < 4.78 is 3.03. The summed E-state index contributed by atoms with van der Waals surface area (Å²) in [5.41, 5.74) is 1.22. The third-order valence-electron chi connectivity index (χ3n) is 5.41. The Hall–Kier alpha value is -1.84. The number of carbonyl (C=O) groups excluding carboxylic acids is 3. The summed E-state index contributed by atoms with van der Waals surface area (Å²) in [6.45, 7) is 7.25. The smallest absolute Gasteiger partial charge is 0.330 e. The Morgan fingerprint density at radius 2 is 1.97 bits per heavy atom. The number of esters is 1. The number of hydrogen-bond donors (Lipinski definition) is 1. The van der Waals surface area contributed by atoms with Gasteiger partial charge in [-0.15, -0.1) is 11.8 Å². The average Bonchev–Trinajstić information content (AvgIpc) is 2.99. The molecule has 2 aliphatic rings. The molecule has 7 nitrogen and oxygen atoms in total. The zero-order valence-electron chi connectivity index (χ0n) is 17.3. The lowest BCUT2D eigenvalue weighted by atomic mass is 9.84. The molecule has 2 aliphatic heterocycles. The number of benzene rings is 1. The Labute approximate surface area is 188 Å². The van der Waals surface area contributed by atoms with Crippen molar-refractivity contribution < 1.29 is 24.2 Å². The van der Waals surface area contributed by atoms with Crippen molar-refractivity contribution in [1.29, 1.82) is 0 Å². The zero-order valence-corrected chi connectivity index (χ0v) is 19.7. The van der Waals surface area contributed by atoms with Crippen molar-refractivity contribution >= 4 is 51.0 Å². The van der Waals surface area contributed by atoms with Crippen molar-refractivity contribution in [1.82, 2.24) is 4.90 Å². The molecule has 9 heteroatoms. The number of carbonyl (C=O) groups is 3. The van der Waals surface area contributed by atoms with E-state index in [0.717, 1.165) is 5.69 Å². The van der Waals surface area contributed by atoms with Crippen LogP contribution >= 0.6 is 27.7 Å². The van der Waals surface area contributed by atoms with Crippen molar-refractivity contribution in [2.75, 3.05) is 25.6 Å². The van der Waals surface area contributed by atoms with E-state index in [2.05, 4.69) is 22.5 Å². The van der Waals surface area contributed by atoms with Crippen LogP contribution in [0.2, 0.25) is 0 Å². The SMILES string of the molecule is C=CCOC(=O)[C@@H]1N2C(=O)[C@@](Br)(C(O)C(=O)c3ccc(N(C)C)cc3)[C@H]2SC1(C)C. The first-order chi connectivity index (χ1) is 14.0. The number of ether oxygens (including phenoxy) is 1. The predicted molar refractivity (Wildman–Crippen MR) is 120 cm³/mol. The molecule has 0 radical (unpaired) electrons. The van der Waals surface area contributed by atoms with E-state index < -0.39 is 44.3 Å². The van der Waals surface area contributed by atoms with Crippen LogP contribution in [0.5, 0.6) is 0 Å². The molecular formula is C21H25BrN2O5S. The molecule has 0 saturated carbocycles. The Balaban J connectivity index is 1.83. The first-order valence-corrected chi connectivity index (χ1v) is 11.1. The lowest BCUT2D eigenvalue weighted by molar-refractivity contribution is -0.166. The van der Waals surface area contributed by atoms with Gasteiger partial charge in [0, 0.05) is 30.1 Å². The molecule has 0 aliphatic carbocycles. The maximum atomic E-state index is 13.1. The summed E-state index contributed by atoms with van der Waals surface area (Å²) in [6, 6.07) is 5.98. The Bertz CT molecular complexity index is 888. The second kappa shape index (κ2) is 8.01. The molecule has 2 saturated heterocycles. The van der Waals surface area contributed by atoms with Gasteiger partial charge in [-0.05, 0) is 38.1 Å². The molecule has 3 rings (SSSR count). The topological polar surface area (TPSA) is 87.1 Å². The molecule has 0 aromatic heterocycles. The second-order valence-electron chi connectivity index (χ2n) is 8.08. The van der Waals surface area contributed by atoms with E-state index in [-0.39, 0.29) is 6.61 Å². The van der Waals surface area contributed by atoms with E-state index in [1.165, 1.54) is 22.7 Å². The van der Waals surface area contributed by atoms with Gasteiger partial charge in [0.15, 0.2) is 10.1 Å². The van der Waals surface area contributed by atoms with Crippen LogP contribution in [0.1, 0.15) is 24.2 Å². The number of halogens is 1. The molecule has 1 aromatic rings. The molecule has 4 atom stereocenters. The lowest BCUT2D eigenvalue weighted by Crippen LogP contribution is -2.75. The highest BCUT2D eigenvalue weighted by Crippen LogP contribution is 2.59.